The Morgan fingerprint density at radius 1 is 1.05 bits per heavy atom. The monoisotopic (exact) mass is 531 g/mol. The Bertz CT molecular complexity index is 1170. The van der Waals surface area contributed by atoms with Crippen molar-refractivity contribution < 1.29 is 22.7 Å². The first-order valence-electron chi connectivity index (χ1n) is 12.5. The van der Waals surface area contributed by atoms with E-state index in [1.165, 1.54) is 11.4 Å². The Balaban J connectivity index is 2.28. The molecule has 2 aromatic carbocycles. The number of aryl methyl sites for hydroxylation is 1. The quantitative estimate of drug-likeness (QED) is 0.441. The van der Waals surface area contributed by atoms with Crippen LogP contribution in [-0.4, -0.2) is 56.6 Å². The van der Waals surface area contributed by atoms with E-state index >= 15 is 0 Å². The number of para-hydroxylation sites is 2. The fourth-order valence-corrected chi connectivity index (χ4v) is 5.13. The summed E-state index contributed by atoms with van der Waals surface area (Å²) in [5.41, 5.74) is 1.98. The van der Waals surface area contributed by atoms with Gasteiger partial charge in [-0.15, -0.1) is 0 Å². The molecule has 2 rings (SSSR count). The highest BCUT2D eigenvalue weighted by Crippen LogP contribution is 2.30. The van der Waals surface area contributed by atoms with Crippen molar-refractivity contribution in [3.8, 4) is 5.75 Å². The Morgan fingerprint density at radius 3 is 2.24 bits per heavy atom. The highest BCUT2D eigenvalue weighted by molar-refractivity contribution is 7.92. The van der Waals surface area contributed by atoms with Gasteiger partial charge in [0.05, 0.1) is 19.1 Å². The number of carbonyl (C=O) groups is 2. The topological polar surface area (TPSA) is 96.0 Å². The van der Waals surface area contributed by atoms with E-state index in [-0.39, 0.29) is 31.2 Å². The molecule has 1 atom stereocenters. The third kappa shape index (κ3) is 8.77. The lowest BCUT2D eigenvalue weighted by Crippen LogP contribution is -2.53. The van der Waals surface area contributed by atoms with Crippen molar-refractivity contribution in [3.05, 3.63) is 59.7 Å². The normalized spacial score (nSPS) is 12.5. The molecule has 9 heteroatoms. The maximum absolute atomic E-state index is 13.6. The lowest BCUT2D eigenvalue weighted by molar-refractivity contribution is -0.142. The average molecular weight is 532 g/mol. The van der Waals surface area contributed by atoms with Crippen LogP contribution in [0.4, 0.5) is 5.69 Å². The molecule has 0 saturated carbocycles. The smallest absolute Gasteiger partial charge is 0.243 e. The predicted molar refractivity (Wildman–Crippen MR) is 148 cm³/mol. The first-order valence-corrected chi connectivity index (χ1v) is 14.4. The van der Waals surface area contributed by atoms with Crippen LogP contribution in [0, 0.1) is 6.92 Å². The second kappa shape index (κ2) is 12.9. The molecule has 204 valence electrons. The third-order valence-electron chi connectivity index (χ3n) is 5.99. The van der Waals surface area contributed by atoms with E-state index in [9.17, 15) is 18.0 Å². The lowest BCUT2D eigenvalue weighted by atomic mass is 10.0. The zero-order chi connectivity index (χ0) is 27.8. The second-order valence-electron chi connectivity index (χ2n) is 10.2. The minimum absolute atomic E-state index is 0.0896. The molecule has 0 saturated heterocycles. The molecular formula is C28H41N3O5S. The Hall–Kier alpha value is -3.07. The average Bonchev–Trinajstić information content (AvgIpc) is 2.80. The van der Waals surface area contributed by atoms with E-state index in [4.69, 9.17) is 4.74 Å². The van der Waals surface area contributed by atoms with Crippen LogP contribution in [0.25, 0.3) is 0 Å². The van der Waals surface area contributed by atoms with E-state index in [1.807, 2.05) is 58.9 Å². The Morgan fingerprint density at radius 2 is 1.68 bits per heavy atom. The van der Waals surface area contributed by atoms with Crippen LogP contribution in [-0.2, 0) is 26.2 Å². The second-order valence-corrected chi connectivity index (χ2v) is 12.1. The molecule has 0 aliphatic carbocycles. The van der Waals surface area contributed by atoms with Gasteiger partial charge in [0.1, 0.15) is 11.8 Å². The van der Waals surface area contributed by atoms with Gasteiger partial charge in [0, 0.05) is 25.0 Å². The number of nitrogens with zero attached hydrogens (tertiary/aromatic N) is 2. The molecule has 8 nitrogen and oxygen atoms in total. The molecule has 0 unspecified atom stereocenters. The van der Waals surface area contributed by atoms with Gasteiger partial charge < -0.3 is 15.0 Å². The van der Waals surface area contributed by atoms with E-state index in [0.717, 1.165) is 17.4 Å². The van der Waals surface area contributed by atoms with Gasteiger partial charge in [-0.2, -0.15) is 0 Å². The maximum Gasteiger partial charge on any atom is 0.243 e. The van der Waals surface area contributed by atoms with Crippen molar-refractivity contribution in [1.29, 1.82) is 0 Å². The number of sulfonamides is 1. The highest BCUT2D eigenvalue weighted by atomic mass is 32.2. The van der Waals surface area contributed by atoms with Crippen LogP contribution >= 0.6 is 0 Å². The standard InChI is InChI=1S/C28H41N3O5S/c1-8-23(27(33)29-28(3,4)5)30(20-22-15-10-9-14-21(22)2)26(32)18-13-19-31(37(7,34)35)24-16-11-12-17-25(24)36-6/h9-12,14-17,23H,8,13,18-20H2,1-7H3,(H,29,33)/t23-/m0/s1. The van der Waals surface area contributed by atoms with Crippen LogP contribution < -0.4 is 14.4 Å². The number of nitrogens with one attached hydrogen (secondary N) is 1. The largest absolute Gasteiger partial charge is 0.495 e. The minimum atomic E-state index is -3.61. The molecule has 0 spiro atoms. The van der Waals surface area contributed by atoms with Gasteiger partial charge >= 0.3 is 0 Å². The molecule has 0 aliphatic rings. The molecule has 2 amide bonds. The number of ether oxygens (including phenoxy) is 1. The highest BCUT2D eigenvalue weighted by Gasteiger charge is 2.31. The molecule has 0 heterocycles. The van der Waals surface area contributed by atoms with Crippen molar-refractivity contribution in [1.82, 2.24) is 10.2 Å². The van der Waals surface area contributed by atoms with Crippen molar-refractivity contribution >= 4 is 27.5 Å². The van der Waals surface area contributed by atoms with Gasteiger partial charge in [-0.05, 0) is 63.8 Å². The van der Waals surface area contributed by atoms with Crippen molar-refractivity contribution in [2.45, 2.75) is 72.0 Å². The summed E-state index contributed by atoms with van der Waals surface area (Å²) in [5, 5.41) is 3.00. The maximum atomic E-state index is 13.6. The Kier molecular flexibility index (Phi) is 10.5. The summed E-state index contributed by atoms with van der Waals surface area (Å²) in [6.07, 6.45) is 1.96. The summed E-state index contributed by atoms with van der Waals surface area (Å²) in [7, 11) is -2.13. The van der Waals surface area contributed by atoms with Gasteiger partial charge in [0.25, 0.3) is 0 Å². The van der Waals surface area contributed by atoms with Crippen LogP contribution in [0.5, 0.6) is 5.75 Å². The number of hydrogen-bond acceptors (Lipinski definition) is 5. The van der Waals surface area contributed by atoms with Gasteiger partial charge in [-0.1, -0.05) is 43.3 Å². The summed E-state index contributed by atoms with van der Waals surface area (Å²) in [6.45, 7) is 9.98. The molecular weight excluding hydrogens is 490 g/mol. The Labute approximate surface area is 222 Å². The molecule has 0 fully saturated rings. The third-order valence-corrected chi connectivity index (χ3v) is 7.17. The molecule has 2 aromatic rings. The molecule has 0 bridgehead atoms. The van der Waals surface area contributed by atoms with Crippen molar-refractivity contribution in [3.63, 3.8) is 0 Å². The van der Waals surface area contributed by atoms with Crippen LogP contribution in [0.15, 0.2) is 48.5 Å². The minimum Gasteiger partial charge on any atom is -0.495 e. The number of amides is 2. The fraction of sp³-hybridized carbons (Fsp3) is 0.500. The number of rotatable bonds is 12. The number of anilines is 1. The summed E-state index contributed by atoms with van der Waals surface area (Å²) < 4.78 is 31.8. The van der Waals surface area contributed by atoms with E-state index < -0.39 is 21.6 Å². The van der Waals surface area contributed by atoms with E-state index in [1.54, 1.807) is 29.2 Å². The van der Waals surface area contributed by atoms with Crippen LogP contribution in [0.3, 0.4) is 0 Å². The molecule has 0 aromatic heterocycles. The molecule has 0 radical (unpaired) electrons. The van der Waals surface area contributed by atoms with Gasteiger partial charge in [-0.25, -0.2) is 8.42 Å². The van der Waals surface area contributed by atoms with E-state index in [0.29, 0.717) is 24.4 Å². The summed E-state index contributed by atoms with van der Waals surface area (Å²) in [6, 6.07) is 14.0. The first kappa shape index (κ1) is 30.2. The number of carbonyl (C=O) groups excluding carboxylic acids is 2. The first-order chi connectivity index (χ1) is 17.3. The lowest BCUT2D eigenvalue weighted by Gasteiger charge is -2.33. The summed E-state index contributed by atoms with van der Waals surface area (Å²) in [4.78, 5) is 28.4. The van der Waals surface area contributed by atoms with Gasteiger partial charge in [0.15, 0.2) is 0 Å². The number of benzene rings is 2. The molecule has 0 aliphatic heterocycles. The van der Waals surface area contributed by atoms with Crippen LogP contribution in [0.1, 0.15) is 58.1 Å². The van der Waals surface area contributed by atoms with Crippen molar-refractivity contribution in [2.75, 3.05) is 24.2 Å². The zero-order valence-corrected chi connectivity index (χ0v) is 23.9. The SMILES string of the molecule is CC[C@@H](C(=O)NC(C)(C)C)N(Cc1ccccc1C)C(=O)CCCN(c1ccccc1OC)S(C)(=O)=O. The van der Waals surface area contributed by atoms with Crippen LogP contribution in [0.2, 0.25) is 0 Å². The van der Waals surface area contributed by atoms with Gasteiger partial charge in [-0.3, -0.25) is 13.9 Å². The number of methoxy groups -OCH3 is 1. The molecule has 37 heavy (non-hydrogen) atoms. The summed E-state index contributed by atoms with van der Waals surface area (Å²) >= 11 is 0. The molecule has 1 N–H and O–H groups in total. The summed E-state index contributed by atoms with van der Waals surface area (Å²) in [5.74, 6) is 0.0293. The van der Waals surface area contributed by atoms with Crippen molar-refractivity contribution in [2.24, 2.45) is 0 Å². The predicted octanol–water partition coefficient (Wildman–Crippen LogP) is 4.27. The van der Waals surface area contributed by atoms with Gasteiger partial charge in [0.2, 0.25) is 21.8 Å². The number of hydrogen-bond donors (Lipinski definition) is 1. The fourth-order valence-electron chi connectivity index (χ4n) is 4.16. The van der Waals surface area contributed by atoms with E-state index in [2.05, 4.69) is 5.32 Å². The zero-order valence-electron chi connectivity index (χ0n) is 23.1.